The Balaban J connectivity index is 1.50. The number of fused-ring (bicyclic) bond motifs is 1. The van der Waals surface area contributed by atoms with Gasteiger partial charge in [-0.1, -0.05) is 35.3 Å². The van der Waals surface area contributed by atoms with Gasteiger partial charge >= 0.3 is 0 Å². The van der Waals surface area contributed by atoms with Crippen molar-refractivity contribution in [3.8, 4) is 0 Å². The van der Waals surface area contributed by atoms with Gasteiger partial charge in [0, 0.05) is 10.0 Å². The minimum atomic E-state index is -0.526. The van der Waals surface area contributed by atoms with Crippen LogP contribution >= 0.6 is 23.2 Å². The summed E-state index contributed by atoms with van der Waals surface area (Å²) in [7, 11) is 0. The first-order chi connectivity index (χ1) is 12.1. The second kappa shape index (κ2) is 6.99. The van der Waals surface area contributed by atoms with Crippen LogP contribution in [0, 0.1) is 5.92 Å². The summed E-state index contributed by atoms with van der Waals surface area (Å²) in [6, 6.07) is 11.9. The third-order valence-corrected chi connectivity index (χ3v) is 5.85. The minimum Gasteiger partial charge on any atom is -0.387 e. The number of halogens is 2. The number of imidazole rings is 1. The molecular weight excluding hydrogens is 355 g/mol. The Morgan fingerprint density at radius 3 is 2.44 bits per heavy atom. The molecule has 1 aliphatic rings. The second-order valence-corrected chi connectivity index (χ2v) is 7.77. The largest absolute Gasteiger partial charge is 0.387 e. The Morgan fingerprint density at radius 1 is 1.00 bits per heavy atom. The molecule has 0 unspecified atom stereocenters. The number of aromatic nitrogens is 2. The fraction of sp³-hybridized carbons (Fsp3) is 0.350. The Kier molecular flexibility index (Phi) is 4.72. The first kappa shape index (κ1) is 16.9. The molecular formula is C20H20Cl2N2O. The lowest BCUT2D eigenvalue weighted by atomic mass is 9.76. The highest BCUT2D eigenvalue weighted by Crippen LogP contribution is 2.41. The lowest BCUT2D eigenvalue weighted by Crippen LogP contribution is -2.21. The molecule has 0 bridgehead atoms. The number of nitrogens with zero attached hydrogens (tertiary/aromatic N) is 2. The zero-order valence-corrected chi connectivity index (χ0v) is 15.3. The van der Waals surface area contributed by atoms with Crippen molar-refractivity contribution in [3.63, 3.8) is 0 Å². The van der Waals surface area contributed by atoms with E-state index in [1.165, 1.54) is 5.56 Å². The van der Waals surface area contributed by atoms with E-state index in [0.717, 1.165) is 41.9 Å². The normalized spacial score (nSPS) is 22.2. The number of pyridine rings is 1. The molecule has 0 amide bonds. The molecule has 1 atom stereocenters. The van der Waals surface area contributed by atoms with Gasteiger partial charge in [-0.05, 0) is 67.3 Å². The second-order valence-electron chi connectivity index (χ2n) is 6.90. The SMILES string of the molecule is O[C@@H](c1cc(Cl)cc2cncn12)C1CCC(c2ccc(Cl)cc2)CC1. The van der Waals surface area contributed by atoms with Crippen molar-refractivity contribution >= 4 is 28.7 Å². The molecule has 1 aliphatic carbocycles. The third kappa shape index (κ3) is 3.41. The van der Waals surface area contributed by atoms with Crippen LogP contribution in [0.2, 0.25) is 10.0 Å². The van der Waals surface area contributed by atoms with E-state index in [1.807, 2.05) is 28.7 Å². The van der Waals surface area contributed by atoms with Gasteiger partial charge in [-0.3, -0.25) is 0 Å². The van der Waals surface area contributed by atoms with Gasteiger partial charge in [0.2, 0.25) is 0 Å². The van der Waals surface area contributed by atoms with Crippen molar-refractivity contribution < 1.29 is 5.11 Å². The van der Waals surface area contributed by atoms with Crippen LogP contribution in [0.1, 0.15) is 49.0 Å². The molecule has 4 rings (SSSR count). The molecule has 1 aromatic carbocycles. The zero-order valence-electron chi connectivity index (χ0n) is 13.8. The molecule has 1 saturated carbocycles. The van der Waals surface area contributed by atoms with Gasteiger partial charge in [-0.25, -0.2) is 4.98 Å². The van der Waals surface area contributed by atoms with Gasteiger partial charge in [0.25, 0.3) is 0 Å². The van der Waals surface area contributed by atoms with Crippen LogP contribution in [0.25, 0.3) is 5.52 Å². The van der Waals surface area contributed by atoms with Crippen LogP contribution in [0.15, 0.2) is 48.9 Å². The maximum atomic E-state index is 11.0. The van der Waals surface area contributed by atoms with Gasteiger partial charge < -0.3 is 9.51 Å². The summed E-state index contributed by atoms with van der Waals surface area (Å²) in [5, 5.41) is 12.4. The number of hydrogen-bond donors (Lipinski definition) is 1. The Morgan fingerprint density at radius 2 is 1.72 bits per heavy atom. The summed E-state index contributed by atoms with van der Waals surface area (Å²) in [5.41, 5.74) is 3.09. The average molecular weight is 375 g/mol. The van der Waals surface area contributed by atoms with Crippen molar-refractivity contribution in [2.45, 2.75) is 37.7 Å². The van der Waals surface area contributed by atoms with Gasteiger partial charge in [-0.15, -0.1) is 0 Å². The number of aliphatic hydroxyl groups excluding tert-OH is 1. The number of aliphatic hydroxyl groups is 1. The molecule has 130 valence electrons. The van der Waals surface area contributed by atoms with Crippen molar-refractivity contribution in [1.82, 2.24) is 9.38 Å². The molecule has 5 heteroatoms. The topological polar surface area (TPSA) is 37.5 Å². The third-order valence-electron chi connectivity index (χ3n) is 5.38. The number of rotatable bonds is 3. The first-order valence-corrected chi connectivity index (χ1v) is 9.42. The Bertz CT molecular complexity index is 867. The van der Waals surface area contributed by atoms with E-state index in [4.69, 9.17) is 23.2 Å². The number of hydrogen-bond acceptors (Lipinski definition) is 2. The maximum Gasteiger partial charge on any atom is 0.0995 e. The molecule has 2 aromatic heterocycles. The van der Waals surface area contributed by atoms with Crippen LogP contribution in [-0.2, 0) is 0 Å². The predicted octanol–water partition coefficient (Wildman–Crippen LogP) is 5.65. The van der Waals surface area contributed by atoms with E-state index in [9.17, 15) is 5.11 Å². The van der Waals surface area contributed by atoms with Crippen LogP contribution in [-0.4, -0.2) is 14.5 Å². The van der Waals surface area contributed by atoms with Crippen LogP contribution < -0.4 is 0 Å². The number of benzene rings is 1. The van der Waals surface area contributed by atoms with E-state index in [2.05, 4.69) is 17.1 Å². The quantitative estimate of drug-likeness (QED) is 0.643. The standard InChI is InChI=1S/C20H20Cl2N2O/c21-16-7-5-14(6-8-16)13-1-3-15(4-2-13)20(25)19-10-17(22)9-18-11-23-12-24(18)19/h5-13,15,20,25H,1-4H2/t13?,15?,20-/m1/s1. The molecule has 3 nitrogen and oxygen atoms in total. The van der Waals surface area contributed by atoms with Crippen LogP contribution in [0.4, 0.5) is 0 Å². The van der Waals surface area contributed by atoms with Crippen LogP contribution in [0.5, 0.6) is 0 Å². The van der Waals surface area contributed by atoms with Crippen LogP contribution in [0.3, 0.4) is 0 Å². The summed E-state index contributed by atoms with van der Waals surface area (Å²) in [6.45, 7) is 0. The molecule has 1 fully saturated rings. The predicted molar refractivity (Wildman–Crippen MR) is 101 cm³/mol. The summed E-state index contributed by atoms with van der Waals surface area (Å²) in [6.07, 6.45) is 7.13. The average Bonchev–Trinajstić information content (AvgIpc) is 3.09. The Labute approximate surface area is 157 Å². The lowest BCUT2D eigenvalue weighted by Gasteiger charge is -2.32. The summed E-state index contributed by atoms with van der Waals surface area (Å²) >= 11 is 12.2. The molecule has 0 aliphatic heterocycles. The molecule has 0 spiro atoms. The molecule has 25 heavy (non-hydrogen) atoms. The summed E-state index contributed by atoms with van der Waals surface area (Å²) < 4.78 is 1.93. The molecule has 0 radical (unpaired) electrons. The fourth-order valence-electron chi connectivity index (χ4n) is 3.99. The Hall–Kier alpha value is -1.55. The highest BCUT2D eigenvalue weighted by atomic mass is 35.5. The molecule has 3 aromatic rings. The fourth-order valence-corrected chi connectivity index (χ4v) is 4.34. The van der Waals surface area contributed by atoms with E-state index in [0.29, 0.717) is 10.9 Å². The molecule has 0 saturated heterocycles. The van der Waals surface area contributed by atoms with Crippen molar-refractivity contribution in [3.05, 3.63) is 70.2 Å². The van der Waals surface area contributed by atoms with Gasteiger partial charge in [0.05, 0.1) is 29.8 Å². The first-order valence-electron chi connectivity index (χ1n) is 8.67. The van der Waals surface area contributed by atoms with E-state index < -0.39 is 6.10 Å². The highest BCUT2D eigenvalue weighted by Gasteiger charge is 2.29. The monoisotopic (exact) mass is 374 g/mol. The van der Waals surface area contributed by atoms with Gasteiger partial charge in [0.15, 0.2) is 0 Å². The van der Waals surface area contributed by atoms with E-state index in [-0.39, 0.29) is 5.92 Å². The zero-order chi connectivity index (χ0) is 17.4. The van der Waals surface area contributed by atoms with Gasteiger partial charge in [-0.2, -0.15) is 0 Å². The van der Waals surface area contributed by atoms with E-state index in [1.54, 1.807) is 12.5 Å². The van der Waals surface area contributed by atoms with E-state index >= 15 is 0 Å². The maximum absolute atomic E-state index is 11.0. The highest BCUT2D eigenvalue weighted by molar-refractivity contribution is 6.31. The summed E-state index contributed by atoms with van der Waals surface area (Å²) in [4.78, 5) is 4.17. The van der Waals surface area contributed by atoms with Crippen molar-refractivity contribution in [2.24, 2.45) is 5.92 Å². The van der Waals surface area contributed by atoms with Gasteiger partial charge in [0.1, 0.15) is 0 Å². The lowest BCUT2D eigenvalue weighted by molar-refractivity contribution is 0.0763. The van der Waals surface area contributed by atoms with Crippen molar-refractivity contribution in [2.75, 3.05) is 0 Å². The smallest absolute Gasteiger partial charge is 0.0995 e. The van der Waals surface area contributed by atoms with Crippen molar-refractivity contribution in [1.29, 1.82) is 0 Å². The summed E-state index contributed by atoms with van der Waals surface area (Å²) in [5.74, 6) is 0.793. The molecule has 1 N–H and O–H groups in total. The molecule has 2 heterocycles. The minimum absolute atomic E-state index is 0.243.